The predicted molar refractivity (Wildman–Crippen MR) is 69.3 cm³/mol. The first-order valence-corrected chi connectivity index (χ1v) is 6.28. The van der Waals surface area contributed by atoms with Crippen molar-refractivity contribution < 1.29 is 22.4 Å². The third-order valence-corrected chi connectivity index (χ3v) is 2.67. The van der Waals surface area contributed by atoms with Gasteiger partial charge in [0.15, 0.2) is 5.82 Å². The molecule has 1 aromatic heterocycles. The van der Waals surface area contributed by atoms with Crippen LogP contribution in [0, 0.1) is 0 Å². The fourth-order valence-electron chi connectivity index (χ4n) is 1.72. The van der Waals surface area contributed by atoms with Crippen molar-refractivity contribution in [3.63, 3.8) is 0 Å². The molecule has 1 aromatic carbocycles. The summed E-state index contributed by atoms with van der Waals surface area (Å²) in [5, 5.41) is 3.70. The predicted octanol–water partition coefficient (Wildman–Crippen LogP) is 2.92. The van der Waals surface area contributed by atoms with Crippen LogP contribution in [0.1, 0.15) is 18.3 Å². The molecule has 2 N–H and O–H groups in total. The van der Waals surface area contributed by atoms with E-state index in [4.69, 9.17) is 15.0 Å². The summed E-state index contributed by atoms with van der Waals surface area (Å²) in [6.45, 7) is 2.84. The molecule has 0 fully saturated rings. The maximum atomic E-state index is 12.7. The van der Waals surface area contributed by atoms with Crippen LogP contribution >= 0.6 is 0 Å². The summed E-state index contributed by atoms with van der Waals surface area (Å²) in [4.78, 5) is 4.04. The number of halogens is 3. The van der Waals surface area contributed by atoms with Gasteiger partial charge in [0.05, 0.1) is 12.2 Å². The van der Waals surface area contributed by atoms with Gasteiger partial charge in [-0.3, -0.25) is 0 Å². The molecule has 0 saturated heterocycles. The molecule has 8 heteroatoms. The van der Waals surface area contributed by atoms with E-state index in [1.807, 2.05) is 6.92 Å². The van der Waals surface area contributed by atoms with Gasteiger partial charge < -0.3 is 15.0 Å². The second-order valence-corrected chi connectivity index (χ2v) is 4.30. The number of alkyl halides is 3. The number of rotatable bonds is 5. The van der Waals surface area contributed by atoms with Gasteiger partial charge in [0.25, 0.3) is 5.89 Å². The normalized spacial score (nSPS) is 11.8. The zero-order valence-corrected chi connectivity index (χ0v) is 11.3. The Morgan fingerprint density at radius 2 is 2.05 bits per heavy atom. The zero-order chi connectivity index (χ0) is 15.5. The number of nitrogen functional groups attached to an aromatic ring is 1. The highest BCUT2D eigenvalue weighted by Crippen LogP contribution is 2.33. The van der Waals surface area contributed by atoms with Gasteiger partial charge >= 0.3 is 6.18 Å². The first kappa shape index (κ1) is 15.3. The average molecular weight is 301 g/mol. The first-order chi connectivity index (χ1) is 9.90. The second-order valence-electron chi connectivity index (χ2n) is 4.30. The number of aromatic nitrogens is 2. The van der Waals surface area contributed by atoms with Crippen molar-refractivity contribution >= 4 is 5.69 Å². The molecule has 5 nitrogen and oxygen atoms in total. The molecule has 0 aliphatic heterocycles. The van der Waals surface area contributed by atoms with E-state index >= 15 is 0 Å². The summed E-state index contributed by atoms with van der Waals surface area (Å²) >= 11 is 0. The summed E-state index contributed by atoms with van der Waals surface area (Å²) in [5.74, 6) is 0.369. The van der Waals surface area contributed by atoms with E-state index in [2.05, 4.69) is 10.1 Å². The van der Waals surface area contributed by atoms with Crippen molar-refractivity contribution in [2.24, 2.45) is 0 Å². The van der Waals surface area contributed by atoms with E-state index in [0.29, 0.717) is 25.5 Å². The lowest BCUT2D eigenvalue weighted by Gasteiger charge is -2.08. The highest BCUT2D eigenvalue weighted by atomic mass is 19.4. The van der Waals surface area contributed by atoms with Gasteiger partial charge in [0.2, 0.25) is 0 Å². The largest absolute Gasteiger partial charge is 0.416 e. The standard InChI is InChI=1S/C13H14F3N3O2/c1-2-20-4-3-11-18-12(21-19-11)8-5-9(13(14,15)16)7-10(17)6-8/h5-7H,2-4,17H2,1H3. The van der Waals surface area contributed by atoms with Crippen LogP contribution in [-0.2, 0) is 17.3 Å². The minimum absolute atomic E-state index is 0.000650. The molecule has 21 heavy (non-hydrogen) atoms. The Balaban J connectivity index is 2.24. The van der Waals surface area contributed by atoms with E-state index in [9.17, 15) is 13.2 Å². The van der Waals surface area contributed by atoms with Gasteiger partial charge in [-0.25, -0.2) is 0 Å². The highest BCUT2D eigenvalue weighted by molar-refractivity contribution is 5.62. The van der Waals surface area contributed by atoms with Crippen LogP contribution in [0.5, 0.6) is 0 Å². The van der Waals surface area contributed by atoms with E-state index in [1.165, 1.54) is 6.07 Å². The van der Waals surface area contributed by atoms with Gasteiger partial charge in [-0.2, -0.15) is 18.2 Å². The van der Waals surface area contributed by atoms with Crippen molar-refractivity contribution in [2.45, 2.75) is 19.5 Å². The minimum atomic E-state index is -4.48. The Morgan fingerprint density at radius 1 is 1.29 bits per heavy atom. The Morgan fingerprint density at radius 3 is 2.71 bits per heavy atom. The van der Waals surface area contributed by atoms with Gasteiger partial charge in [-0.15, -0.1) is 0 Å². The molecule has 2 rings (SSSR count). The lowest BCUT2D eigenvalue weighted by Crippen LogP contribution is -2.06. The topological polar surface area (TPSA) is 74.2 Å². The number of ether oxygens (including phenoxy) is 1. The molecule has 2 aromatic rings. The number of anilines is 1. The quantitative estimate of drug-likeness (QED) is 0.679. The highest BCUT2D eigenvalue weighted by Gasteiger charge is 2.31. The Hall–Kier alpha value is -2.09. The van der Waals surface area contributed by atoms with Crippen LogP contribution in [0.2, 0.25) is 0 Å². The molecule has 1 heterocycles. The molecule has 0 amide bonds. The van der Waals surface area contributed by atoms with Gasteiger partial charge in [-0.05, 0) is 25.1 Å². The monoisotopic (exact) mass is 301 g/mol. The number of hydrogen-bond donors (Lipinski definition) is 1. The van der Waals surface area contributed by atoms with Crippen molar-refractivity contribution in [1.82, 2.24) is 10.1 Å². The molecular formula is C13H14F3N3O2. The van der Waals surface area contributed by atoms with Crippen LogP contribution in [0.25, 0.3) is 11.5 Å². The summed E-state index contributed by atoms with van der Waals surface area (Å²) < 4.78 is 48.3. The third-order valence-electron chi connectivity index (χ3n) is 2.67. The SMILES string of the molecule is CCOCCc1noc(-c2cc(N)cc(C(F)(F)F)c2)n1. The molecular weight excluding hydrogens is 287 g/mol. The lowest BCUT2D eigenvalue weighted by molar-refractivity contribution is -0.137. The van der Waals surface area contributed by atoms with E-state index < -0.39 is 11.7 Å². The molecule has 0 bridgehead atoms. The maximum Gasteiger partial charge on any atom is 0.416 e. The van der Waals surface area contributed by atoms with Crippen LogP contribution < -0.4 is 5.73 Å². The maximum absolute atomic E-state index is 12.7. The van der Waals surface area contributed by atoms with Gasteiger partial charge in [0.1, 0.15) is 0 Å². The fraction of sp³-hybridized carbons (Fsp3) is 0.385. The van der Waals surface area contributed by atoms with Crippen molar-refractivity contribution in [3.8, 4) is 11.5 Å². The minimum Gasteiger partial charge on any atom is -0.399 e. The van der Waals surface area contributed by atoms with Crippen molar-refractivity contribution in [1.29, 1.82) is 0 Å². The van der Waals surface area contributed by atoms with Gasteiger partial charge in [0, 0.05) is 24.3 Å². The number of hydrogen-bond acceptors (Lipinski definition) is 5. The average Bonchev–Trinajstić information content (AvgIpc) is 2.86. The Labute approximate surface area is 118 Å². The van der Waals surface area contributed by atoms with Crippen LogP contribution in [0.4, 0.5) is 18.9 Å². The molecule has 0 aliphatic rings. The summed E-state index contributed by atoms with van der Waals surface area (Å²) in [6.07, 6.45) is -4.06. The van der Waals surface area contributed by atoms with E-state index in [0.717, 1.165) is 12.1 Å². The van der Waals surface area contributed by atoms with E-state index in [-0.39, 0.29) is 17.1 Å². The molecule has 0 radical (unpaired) electrons. The molecule has 0 saturated carbocycles. The summed E-state index contributed by atoms with van der Waals surface area (Å²) in [6, 6.07) is 3.14. The lowest BCUT2D eigenvalue weighted by atomic mass is 10.1. The van der Waals surface area contributed by atoms with Crippen LogP contribution in [0.15, 0.2) is 22.7 Å². The number of nitrogens with two attached hydrogens (primary N) is 1. The van der Waals surface area contributed by atoms with Gasteiger partial charge in [-0.1, -0.05) is 5.16 Å². The summed E-state index contributed by atoms with van der Waals surface area (Å²) in [7, 11) is 0. The fourth-order valence-corrected chi connectivity index (χ4v) is 1.72. The second kappa shape index (κ2) is 6.13. The third kappa shape index (κ3) is 3.94. The molecule has 0 atom stereocenters. The molecule has 114 valence electrons. The Kier molecular flexibility index (Phi) is 4.46. The number of nitrogens with zero attached hydrogens (tertiary/aromatic N) is 2. The first-order valence-electron chi connectivity index (χ1n) is 6.28. The van der Waals surface area contributed by atoms with Crippen LogP contribution in [0.3, 0.4) is 0 Å². The molecule has 0 aliphatic carbocycles. The zero-order valence-electron chi connectivity index (χ0n) is 11.3. The molecule has 0 unspecified atom stereocenters. The molecule has 0 spiro atoms. The van der Waals surface area contributed by atoms with Crippen molar-refractivity contribution in [3.05, 3.63) is 29.6 Å². The smallest absolute Gasteiger partial charge is 0.399 e. The summed E-state index contributed by atoms with van der Waals surface area (Å²) in [5.41, 5.74) is 4.75. The van der Waals surface area contributed by atoms with Crippen LogP contribution in [-0.4, -0.2) is 23.4 Å². The Bertz CT molecular complexity index is 611. The van der Waals surface area contributed by atoms with Crippen molar-refractivity contribution in [2.75, 3.05) is 18.9 Å². The van der Waals surface area contributed by atoms with E-state index in [1.54, 1.807) is 0 Å². The number of benzene rings is 1.